The quantitative estimate of drug-likeness (QED) is 0.598. The maximum Gasteiger partial charge on any atom is 0.336 e. The van der Waals surface area contributed by atoms with E-state index in [0.29, 0.717) is 29.4 Å². The maximum absolute atomic E-state index is 13.3. The molecule has 0 fully saturated rings. The summed E-state index contributed by atoms with van der Waals surface area (Å²) in [6.07, 6.45) is 1.23. The van der Waals surface area contributed by atoms with E-state index in [1.54, 1.807) is 13.8 Å². The molecule has 2 N–H and O–H groups in total. The molecule has 2 heterocycles. The Morgan fingerprint density at radius 2 is 2.04 bits per heavy atom. The molecule has 152 valence electrons. The topological polar surface area (TPSA) is 97.0 Å². The first-order valence-corrected chi connectivity index (χ1v) is 9.88. The van der Waals surface area contributed by atoms with Gasteiger partial charge in [0.1, 0.15) is 22.7 Å². The first-order valence-electron chi connectivity index (χ1n) is 9.88. The molecule has 1 aliphatic rings. The van der Waals surface area contributed by atoms with Crippen LogP contribution in [0.15, 0.2) is 15.3 Å². The van der Waals surface area contributed by atoms with E-state index in [1.165, 1.54) is 6.07 Å². The summed E-state index contributed by atoms with van der Waals surface area (Å²) in [7, 11) is 0. The first-order chi connectivity index (χ1) is 13.1. The van der Waals surface area contributed by atoms with Crippen LogP contribution < -0.4 is 10.4 Å². The van der Waals surface area contributed by atoms with Crippen molar-refractivity contribution in [3.05, 3.63) is 33.2 Å². The second-order valence-corrected chi connectivity index (χ2v) is 8.18. The number of phenols is 1. The molecule has 1 aromatic carbocycles. The highest BCUT2D eigenvalue weighted by atomic mass is 16.5. The van der Waals surface area contributed by atoms with Gasteiger partial charge in [-0.15, -0.1) is 0 Å². The number of benzene rings is 1. The number of Topliss-reactive ketones (excluding diaryl/α,β-unsaturated/α-hetero) is 1. The Kier molecular flexibility index (Phi) is 5.28. The Morgan fingerprint density at radius 1 is 1.36 bits per heavy atom. The Balaban J connectivity index is 2.47. The molecule has 3 rings (SSSR count). The number of aliphatic hydroxyl groups is 1. The number of fused-ring (bicyclic) bond motifs is 2. The second kappa shape index (κ2) is 7.24. The fraction of sp³-hybridized carbons (Fsp3) is 0.545. The molecule has 0 aliphatic carbocycles. The summed E-state index contributed by atoms with van der Waals surface area (Å²) in [6.45, 7) is 9.14. The van der Waals surface area contributed by atoms with Gasteiger partial charge in [0, 0.05) is 24.0 Å². The molecule has 6 nitrogen and oxygen atoms in total. The van der Waals surface area contributed by atoms with Gasteiger partial charge in [0.15, 0.2) is 11.4 Å². The lowest BCUT2D eigenvalue weighted by atomic mass is 9.84. The van der Waals surface area contributed by atoms with E-state index in [0.717, 1.165) is 6.42 Å². The summed E-state index contributed by atoms with van der Waals surface area (Å²) in [5, 5.41) is 21.9. The largest absolute Gasteiger partial charge is 0.507 e. The molecule has 6 heteroatoms. The number of hydrogen-bond donors (Lipinski definition) is 2. The van der Waals surface area contributed by atoms with Crippen LogP contribution in [0.5, 0.6) is 11.5 Å². The number of aliphatic hydroxyl groups excluding tert-OH is 1. The second-order valence-electron chi connectivity index (χ2n) is 8.18. The molecule has 0 unspecified atom stereocenters. The third-order valence-electron chi connectivity index (χ3n) is 5.68. The Labute approximate surface area is 164 Å². The molecular weight excluding hydrogens is 360 g/mol. The summed E-state index contributed by atoms with van der Waals surface area (Å²) < 4.78 is 11.5. The summed E-state index contributed by atoms with van der Waals surface area (Å²) in [5.74, 6) is -0.391. The van der Waals surface area contributed by atoms with Crippen molar-refractivity contribution in [1.29, 1.82) is 0 Å². The lowest BCUT2D eigenvalue weighted by Gasteiger charge is -2.38. The molecule has 1 aromatic heterocycles. The highest BCUT2D eigenvalue weighted by molar-refractivity contribution is 6.12. The van der Waals surface area contributed by atoms with Crippen LogP contribution in [0.25, 0.3) is 11.0 Å². The van der Waals surface area contributed by atoms with Gasteiger partial charge in [-0.25, -0.2) is 4.79 Å². The van der Waals surface area contributed by atoms with Crippen LogP contribution >= 0.6 is 0 Å². The maximum atomic E-state index is 13.3. The van der Waals surface area contributed by atoms with Gasteiger partial charge < -0.3 is 19.4 Å². The zero-order valence-electron chi connectivity index (χ0n) is 17.1. The fourth-order valence-electron chi connectivity index (χ4n) is 3.68. The molecule has 1 aliphatic heterocycles. The molecular formula is C22H28O6. The number of aromatic hydroxyl groups is 1. The number of aryl methyl sites for hydroxylation is 1. The number of phenolic OH excluding ortho intramolecular Hbond substituents is 1. The van der Waals surface area contributed by atoms with E-state index in [-0.39, 0.29) is 40.8 Å². The molecule has 0 saturated heterocycles. The van der Waals surface area contributed by atoms with Crippen LogP contribution in [0.3, 0.4) is 0 Å². The van der Waals surface area contributed by atoms with E-state index < -0.39 is 17.3 Å². The zero-order valence-corrected chi connectivity index (χ0v) is 17.1. The van der Waals surface area contributed by atoms with E-state index in [9.17, 15) is 19.8 Å². The standard InChI is InChI=1S/C22H28O6/c1-6-8-12-9-15(24)27-21-16(12)19(26)13-10-14(23)22(4,5)28-20(13)17(21)18(25)11(3)7-2/h9,11,14,23,26H,6-8,10H2,1-5H3/t11-,14-/m1/s1. The zero-order chi connectivity index (χ0) is 20.8. The van der Waals surface area contributed by atoms with Crippen LogP contribution in [0.2, 0.25) is 0 Å². The molecule has 0 saturated carbocycles. The molecule has 2 atom stereocenters. The van der Waals surface area contributed by atoms with Crippen molar-refractivity contribution < 1.29 is 24.2 Å². The number of rotatable bonds is 5. The van der Waals surface area contributed by atoms with Crippen LogP contribution in [-0.4, -0.2) is 27.7 Å². The molecule has 0 amide bonds. The summed E-state index contributed by atoms with van der Waals surface area (Å²) in [4.78, 5) is 25.5. The number of carbonyl (C=O) groups excluding carboxylic acids is 1. The number of carbonyl (C=O) groups is 1. The van der Waals surface area contributed by atoms with Crippen molar-refractivity contribution in [2.75, 3.05) is 0 Å². The molecule has 0 bridgehead atoms. The number of ether oxygens (including phenoxy) is 1. The summed E-state index contributed by atoms with van der Waals surface area (Å²) in [5.41, 5.74) is -0.233. The SMILES string of the molecule is CCCc1cc(=O)oc2c(C(=O)[C@H](C)CC)c3c(c(O)c12)C[C@@H](O)C(C)(C)O3. The van der Waals surface area contributed by atoms with Crippen LogP contribution in [0.1, 0.15) is 68.9 Å². The van der Waals surface area contributed by atoms with Gasteiger partial charge in [0.2, 0.25) is 0 Å². The van der Waals surface area contributed by atoms with E-state index >= 15 is 0 Å². The van der Waals surface area contributed by atoms with Crippen molar-refractivity contribution in [1.82, 2.24) is 0 Å². The van der Waals surface area contributed by atoms with Crippen molar-refractivity contribution in [3.63, 3.8) is 0 Å². The lowest BCUT2D eigenvalue weighted by Crippen LogP contribution is -2.46. The van der Waals surface area contributed by atoms with E-state index in [4.69, 9.17) is 9.15 Å². The Morgan fingerprint density at radius 3 is 2.64 bits per heavy atom. The minimum absolute atomic E-state index is 0.0738. The van der Waals surface area contributed by atoms with E-state index in [2.05, 4.69) is 0 Å². The monoisotopic (exact) mass is 388 g/mol. The van der Waals surface area contributed by atoms with Crippen LogP contribution in [0, 0.1) is 5.92 Å². The van der Waals surface area contributed by atoms with Gasteiger partial charge in [-0.1, -0.05) is 27.2 Å². The highest BCUT2D eigenvalue weighted by Gasteiger charge is 2.41. The van der Waals surface area contributed by atoms with Gasteiger partial charge in [-0.05, 0) is 32.3 Å². The van der Waals surface area contributed by atoms with Gasteiger partial charge >= 0.3 is 5.63 Å². The lowest BCUT2D eigenvalue weighted by molar-refractivity contribution is -0.0420. The molecule has 0 radical (unpaired) electrons. The summed E-state index contributed by atoms with van der Waals surface area (Å²) >= 11 is 0. The van der Waals surface area contributed by atoms with Crippen LogP contribution in [-0.2, 0) is 12.8 Å². The number of hydrogen-bond acceptors (Lipinski definition) is 6. The Bertz CT molecular complexity index is 985. The first kappa shape index (κ1) is 20.4. The minimum Gasteiger partial charge on any atom is -0.507 e. The average Bonchev–Trinajstić information content (AvgIpc) is 2.62. The van der Waals surface area contributed by atoms with Gasteiger partial charge in [-0.3, -0.25) is 4.79 Å². The van der Waals surface area contributed by atoms with Crippen LogP contribution in [0.4, 0.5) is 0 Å². The third-order valence-corrected chi connectivity index (χ3v) is 5.68. The smallest absolute Gasteiger partial charge is 0.336 e. The van der Waals surface area contributed by atoms with Gasteiger partial charge in [0.05, 0.1) is 11.5 Å². The third kappa shape index (κ3) is 3.20. The molecule has 2 aromatic rings. The Hall–Kier alpha value is -2.34. The predicted molar refractivity (Wildman–Crippen MR) is 106 cm³/mol. The minimum atomic E-state index is -0.946. The number of ketones is 1. The van der Waals surface area contributed by atoms with Gasteiger partial charge in [-0.2, -0.15) is 0 Å². The highest BCUT2D eigenvalue weighted by Crippen LogP contribution is 2.47. The average molecular weight is 388 g/mol. The van der Waals surface area contributed by atoms with Crippen molar-refractivity contribution >= 4 is 16.8 Å². The van der Waals surface area contributed by atoms with Crippen molar-refractivity contribution in [2.24, 2.45) is 5.92 Å². The van der Waals surface area contributed by atoms with E-state index in [1.807, 2.05) is 20.8 Å². The molecule has 0 spiro atoms. The summed E-state index contributed by atoms with van der Waals surface area (Å²) in [6, 6.07) is 1.36. The van der Waals surface area contributed by atoms with Crippen molar-refractivity contribution in [3.8, 4) is 11.5 Å². The predicted octanol–water partition coefficient (Wildman–Crippen LogP) is 3.75. The van der Waals surface area contributed by atoms with Gasteiger partial charge in [0.25, 0.3) is 0 Å². The molecule has 28 heavy (non-hydrogen) atoms. The van der Waals surface area contributed by atoms with Crippen molar-refractivity contribution in [2.45, 2.75) is 72.0 Å². The fourth-order valence-corrected chi connectivity index (χ4v) is 3.68. The normalized spacial score (nSPS) is 19.1.